The fraction of sp³-hybridized carbons (Fsp3) is 0.417. The van der Waals surface area contributed by atoms with Crippen molar-refractivity contribution >= 4 is 23.2 Å². The lowest BCUT2D eigenvalue weighted by molar-refractivity contribution is -0.384. The molecule has 0 saturated carbocycles. The molecule has 0 spiro atoms. The minimum absolute atomic E-state index is 0.0549. The van der Waals surface area contributed by atoms with Gasteiger partial charge in [0.15, 0.2) is 0 Å². The lowest BCUT2D eigenvalue weighted by Crippen LogP contribution is -2.52. The summed E-state index contributed by atoms with van der Waals surface area (Å²) >= 11 is 5.83. The van der Waals surface area contributed by atoms with Crippen molar-refractivity contribution in [1.29, 1.82) is 0 Å². The molecule has 1 atom stereocenters. The molecule has 1 aromatic carbocycles. The highest BCUT2D eigenvalue weighted by Gasteiger charge is 2.25. The Morgan fingerprint density at radius 1 is 1.53 bits per heavy atom. The monoisotopic (exact) mass is 283 g/mol. The molecule has 0 aromatic heterocycles. The zero-order valence-electron chi connectivity index (χ0n) is 10.4. The van der Waals surface area contributed by atoms with Gasteiger partial charge in [0.2, 0.25) is 0 Å². The predicted octanol–water partition coefficient (Wildman–Crippen LogP) is 1.68. The number of nitro groups is 1. The minimum atomic E-state index is -0.552. The van der Waals surface area contributed by atoms with Crippen LogP contribution in [0.15, 0.2) is 18.2 Å². The van der Waals surface area contributed by atoms with E-state index in [9.17, 15) is 14.9 Å². The number of nitrogens with zero attached hydrogens (tertiary/aromatic N) is 2. The zero-order valence-corrected chi connectivity index (χ0v) is 11.2. The number of carbonyl (C=O) groups excluding carboxylic acids is 1. The summed E-state index contributed by atoms with van der Waals surface area (Å²) in [6, 6.07) is 4.02. The quantitative estimate of drug-likeness (QED) is 0.662. The van der Waals surface area contributed by atoms with Gasteiger partial charge in [-0.3, -0.25) is 14.9 Å². The molecule has 1 fully saturated rings. The fourth-order valence-electron chi connectivity index (χ4n) is 2.11. The average Bonchev–Trinajstić information content (AvgIpc) is 2.37. The minimum Gasteiger partial charge on any atom is -0.333 e. The standard InChI is InChI=1S/C12H14ClN3O3/c1-8-7-14-2-3-15(8)12(17)9-4-10(13)6-11(5-9)16(18)19/h4-6,8,14H,2-3,7H2,1H3. The summed E-state index contributed by atoms with van der Waals surface area (Å²) in [6.45, 7) is 3.95. The van der Waals surface area contributed by atoms with E-state index in [1.807, 2.05) is 6.92 Å². The Morgan fingerprint density at radius 2 is 2.26 bits per heavy atom. The van der Waals surface area contributed by atoms with Crippen molar-refractivity contribution < 1.29 is 9.72 Å². The van der Waals surface area contributed by atoms with Crippen molar-refractivity contribution in [3.05, 3.63) is 38.9 Å². The van der Waals surface area contributed by atoms with Gasteiger partial charge in [0.05, 0.1) is 4.92 Å². The molecule has 2 rings (SSSR count). The maximum Gasteiger partial charge on any atom is 0.271 e. The number of hydrogen-bond donors (Lipinski definition) is 1. The van der Waals surface area contributed by atoms with Gasteiger partial charge in [0.1, 0.15) is 0 Å². The number of halogens is 1. The highest BCUT2D eigenvalue weighted by molar-refractivity contribution is 6.31. The Hall–Kier alpha value is -1.66. The molecule has 19 heavy (non-hydrogen) atoms. The van der Waals surface area contributed by atoms with Crippen LogP contribution in [-0.4, -0.2) is 41.4 Å². The lowest BCUT2D eigenvalue weighted by Gasteiger charge is -2.34. The van der Waals surface area contributed by atoms with E-state index < -0.39 is 4.92 Å². The highest BCUT2D eigenvalue weighted by Crippen LogP contribution is 2.22. The SMILES string of the molecule is CC1CNCCN1C(=O)c1cc(Cl)cc([N+](=O)[O-])c1. The second kappa shape index (κ2) is 5.54. The zero-order chi connectivity index (χ0) is 14.0. The van der Waals surface area contributed by atoms with Crippen molar-refractivity contribution in [2.45, 2.75) is 13.0 Å². The number of nitrogens with one attached hydrogen (secondary N) is 1. The van der Waals surface area contributed by atoms with Gasteiger partial charge in [0, 0.05) is 48.4 Å². The van der Waals surface area contributed by atoms with Crippen LogP contribution in [0.2, 0.25) is 5.02 Å². The van der Waals surface area contributed by atoms with Gasteiger partial charge in [-0.1, -0.05) is 11.6 Å². The van der Waals surface area contributed by atoms with E-state index >= 15 is 0 Å². The molecule has 1 heterocycles. The first-order valence-electron chi connectivity index (χ1n) is 5.95. The van der Waals surface area contributed by atoms with Crippen LogP contribution in [0.4, 0.5) is 5.69 Å². The molecule has 102 valence electrons. The van der Waals surface area contributed by atoms with Gasteiger partial charge < -0.3 is 10.2 Å². The summed E-state index contributed by atoms with van der Waals surface area (Å²) in [5, 5.41) is 14.2. The molecule has 1 unspecified atom stereocenters. The Bertz CT molecular complexity index is 521. The summed E-state index contributed by atoms with van der Waals surface area (Å²) in [5.41, 5.74) is 0.0894. The first-order chi connectivity index (χ1) is 8.99. The molecule has 1 saturated heterocycles. The van der Waals surface area contributed by atoms with Gasteiger partial charge in [0.25, 0.3) is 11.6 Å². The number of benzene rings is 1. The van der Waals surface area contributed by atoms with Gasteiger partial charge >= 0.3 is 0 Å². The molecule has 1 aromatic rings. The fourth-order valence-corrected chi connectivity index (χ4v) is 2.34. The molecule has 0 aliphatic carbocycles. The molecule has 0 bridgehead atoms. The van der Waals surface area contributed by atoms with E-state index in [4.69, 9.17) is 11.6 Å². The number of nitro benzene ring substituents is 1. The average molecular weight is 284 g/mol. The largest absolute Gasteiger partial charge is 0.333 e. The number of amides is 1. The summed E-state index contributed by atoms with van der Waals surface area (Å²) < 4.78 is 0. The van der Waals surface area contributed by atoms with Crippen molar-refractivity contribution in [2.75, 3.05) is 19.6 Å². The summed E-state index contributed by atoms with van der Waals surface area (Å²) in [4.78, 5) is 24.3. The molecule has 6 nitrogen and oxygen atoms in total. The topological polar surface area (TPSA) is 75.5 Å². The molecule has 1 amide bonds. The lowest BCUT2D eigenvalue weighted by atomic mass is 10.1. The Morgan fingerprint density at radius 3 is 2.89 bits per heavy atom. The third-order valence-corrected chi connectivity index (χ3v) is 3.32. The van der Waals surface area contributed by atoms with Gasteiger partial charge in [-0.2, -0.15) is 0 Å². The van der Waals surface area contributed by atoms with Crippen molar-refractivity contribution in [2.24, 2.45) is 0 Å². The van der Waals surface area contributed by atoms with E-state index in [-0.39, 0.29) is 28.2 Å². The Kier molecular flexibility index (Phi) is 4.01. The van der Waals surface area contributed by atoms with Crippen LogP contribution >= 0.6 is 11.6 Å². The molecule has 7 heteroatoms. The van der Waals surface area contributed by atoms with Crippen LogP contribution in [0.25, 0.3) is 0 Å². The van der Waals surface area contributed by atoms with Crippen LogP contribution in [0.3, 0.4) is 0 Å². The normalized spacial score (nSPS) is 19.3. The summed E-state index contributed by atoms with van der Waals surface area (Å²) in [5.74, 6) is -0.223. The maximum absolute atomic E-state index is 12.4. The van der Waals surface area contributed by atoms with Gasteiger partial charge in [-0.15, -0.1) is 0 Å². The third kappa shape index (κ3) is 3.02. The molecule has 1 aliphatic rings. The molecule has 1 N–H and O–H groups in total. The van der Waals surface area contributed by atoms with E-state index in [1.165, 1.54) is 18.2 Å². The second-order valence-corrected chi connectivity index (χ2v) is 4.94. The third-order valence-electron chi connectivity index (χ3n) is 3.10. The second-order valence-electron chi connectivity index (χ2n) is 4.51. The van der Waals surface area contributed by atoms with E-state index in [0.717, 1.165) is 6.54 Å². The van der Waals surface area contributed by atoms with Gasteiger partial charge in [-0.05, 0) is 13.0 Å². The number of rotatable bonds is 2. The van der Waals surface area contributed by atoms with Crippen LogP contribution in [0.1, 0.15) is 17.3 Å². The molecular weight excluding hydrogens is 270 g/mol. The van der Waals surface area contributed by atoms with Crippen LogP contribution in [0.5, 0.6) is 0 Å². The molecule has 0 radical (unpaired) electrons. The van der Waals surface area contributed by atoms with Gasteiger partial charge in [-0.25, -0.2) is 0 Å². The number of carbonyl (C=O) groups is 1. The van der Waals surface area contributed by atoms with Crippen molar-refractivity contribution in [1.82, 2.24) is 10.2 Å². The van der Waals surface area contributed by atoms with Crippen LogP contribution in [-0.2, 0) is 0 Å². The number of hydrogen-bond acceptors (Lipinski definition) is 4. The Labute approximate surface area is 115 Å². The predicted molar refractivity (Wildman–Crippen MR) is 71.5 cm³/mol. The summed E-state index contributed by atoms with van der Waals surface area (Å²) in [7, 11) is 0. The number of piperazine rings is 1. The van der Waals surface area contributed by atoms with Crippen LogP contribution < -0.4 is 5.32 Å². The first kappa shape index (κ1) is 13.8. The molecular formula is C12H14ClN3O3. The number of non-ortho nitro benzene ring substituents is 1. The van der Waals surface area contributed by atoms with Crippen molar-refractivity contribution in [3.63, 3.8) is 0 Å². The summed E-state index contributed by atoms with van der Waals surface area (Å²) in [6.07, 6.45) is 0. The highest BCUT2D eigenvalue weighted by atomic mass is 35.5. The maximum atomic E-state index is 12.4. The first-order valence-corrected chi connectivity index (χ1v) is 6.33. The van der Waals surface area contributed by atoms with Crippen LogP contribution in [0, 0.1) is 10.1 Å². The molecule has 1 aliphatic heterocycles. The van der Waals surface area contributed by atoms with Crippen molar-refractivity contribution in [3.8, 4) is 0 Å². The Balaban J connectivity index is 2.30. The van der Waals surface area contributed by atoms with E-state index in [1.54, 1.807) is 4.90 Å². The smallest absolute Gasteiger partial charge is 0.271 e. The van der Waals surface area contributed by atoms with E-state index in [2.05, 4.69) is 5.32 Å². The van der Waals surface area contributed by atoms with E-state index in [0.29, 0.717) is 13.1 Å².